The van der Waals surface area contributed by atoms with Crippen LogP contribution in [0.4, 0.5) is 0 Å². The highest BCUT2D eigenvalue weighted by molar-refractivity contribution is 7.99. The van der Waals surface area contributed by atoms with Crippen LogP contribution in [0.3, 0.4) is 0 Å². The average molecular weight is 285 g/mol. The second kappa shape index (κ2) is 5.21. The zero-order valence-electron chi connectivity index (χ0n) is 11.0. The summed E-state index contributed by atoms with van der Waals surface area (Å²) in [7, 11) is 0. The lowest BCUT2D eigenvalue weighted by Gasteiger charge is -2.16. The largest absolute Gasteiger partial charge is 0.481 e. The van der Waals surface area contributed by atoms with E-state index in [1.807, 2.05) is 11.8 Å². The second-order valence-electron chi connectivity index (χ2n) is 5.60. The molecule has 1 aromatic heterocycles. The monoisotopic (exact) mass is 285 g/mol. The van der Waals surface area contributed by atoms with Gasteiger partial charge in [0.2, 0.25) is 0 Å². The summed E-state index contributed by atoms with van der Waals surface area (Å²) in [4.78, 5) is 17.0. The number of nitrogens with zero attached hydrogens (tertiary/aromatic N) is 1. The lowest BCUT2D eigenvalue weighted by Crippen LogP contribution is -2.17. The van der Waals surface area contributed by atoms with Crippen LogP contribution in [-0.2, 0) is 17.0 Å². The maximum Gasteiger partial charge on any atom is 0.312 e. The Labute approximate surface area is 116 Å². The van der Waals surface area contributed by atoms with Gasteiger partial charge in [0.1, 0.15) is 5.01 Å². The van der Waals surface area contributed by atoms with E-state index in [2.05, 4.69) is 25.8 Å². The first kappa shape index (κ1) is 13.9. The molecule has 1 aliphatic carbocycles. The molecule has 3 nitrogen and oxygen atoms in total. The number of thioether (sulfide) groups is 1. The van der Waals surface area contributed by atoms with Crippen LogP contribution >= 0.6 is 23.1 Å². The third-order valence-corrected chi connectivity index (χ3v) is 5.52. The molecule has 0 aromatic carbocycles. The number of carbonyl (C=O) groups is 1. The molecule has 0 aliphatic heterocycles. The standard InChI is InChI=1S/C13H19NO2S2/c1-13(2,3)17-7-10-14-11-8(12(15)16)5-4-6-9(11)18-10/h8H,4-7H2,1-3H3,(H,15,16). The minimum Gasteiger partial charge on any atom is -0.481 e. The van der Waals surface area contributed by atoms with Crippen molar-refractivity contribution < 1.29 is 9.90 Å². The van der Waals surface area contributed by atoms with E-state index < -0.39 is 5.97 Å². The molecule has 100 valence electrons. The maximum absolute atomic E-state index is 11.2. The molecule has 18 heavy (non-hydrogen) atoms. The molecule has 0 bridgehead atoms. The number of carboxylic acids is 1. The number of aromatic nitrogens is 1. The van der Waals surface area contributed by atoms with Gasteiger partial charge in [0.25, 0.3) is 0 Å². The van der Waals surface area contributed by atoms with Crippen molar-refractivity contribution in [1.82, 2.24) is 4.98 Å². The number of aryl methyl sites for hydroxylation is 1. The van der Waals surface area contributed by atoms with Gasteiger partial charge in [0, 0.05) is 15.4 Å². The quantitative estimate of drug-likeness (QED) is 0.920. The lowest BCUT2D eigenvalue weighted by molar-refractivity contribution is -0.139. The van der Waals surface area contributed by atoms with Crippen LogP contribution in [0.25, 0.3) is 0 Å². The average Bonchev–Trinajstić information content (AvgIpc) is 2.67. The third kappa shape index (κ3) is 3.26. The van der Waals surface area contributed by atoms with Crippen molar-refractivity contribution in [2.45, 2.75) is 56.5 Å². The number of rotatable bonds is 3. The van der Waals surface area contributed by atoms with Gasteiger partial charge >= 0.3 is 5.97 Å². The van der Waals surface area contributed by atoms with Gasteiger partial charge in [-0.15, -0.1) is 23.1 Å². The summed E-state index contributed by atoms with van der Waals surface area (Å²) in [6, 6.07) is 0. The molecule has 1 aromatic rings. The molecule has 0 fully saturated rings. The van der Waals surface area contributed by atoms with Crippen LogP contribution in [-0.4, -0.2) is 20.8 Å². The Morgan fingerprint density at radius 2 is 2.28 bits per heavy atom. The van der Waals surface area contributed by atoms with Gasteiger partial charge in [-0.1, -0.05) is 20.8 Å². The van der Waals surface area contributed by atoms with E-state index in [-0.39, 0.29) is 10.7 Å². The van der Waals surface area contributed by atoms with E-state index in [1.165, 1.54) is 4.88 Å². The highest BCUT2D eigenvalue weighted by Gasteiger charge is 2.30. The van der Waals surface area contributed by atoms with Crippen LogP contribution in [0, 0.1) is 0 Å². The normalized spacial score (nSPS) is 19.6. The van der Waals surface area contributed by atoms with Crippen molar-refractivity contribution in [1.29, 1.82) is 0 Å². The Morgan fingerprint density at radius 1 is 1.56 bits per heavy atom. The van der Waals surface area contributed by atoms with Crippen LogP contribution in [0.2, 0.25) is 0 Å². The molecule has 1 atom stereocenters. The molecule has 2 rings (SSSR count). The molecule has 5 heteroatoms. The Kier molecular flexibility index (Phi) is 4.02. The van der Waals surface area contributed by atoms with Crippen LogP contribution < -0.4 is 0 Å². The highest BCUT2D eigenvalue weighted by Crippen LogP contribution is 2.37. The van der Waals surface area contributed by atoms with E-state index in [1.54, 1.807) is 11.3 Å². The Morgan fingerprint density at radius 3 is 2.89 bits per heavy atom. The summed E-state index contributed by atoms with van der Waals surface area (Å²) in [5.41, 5.74) is 0.836. The fraction of sp³-hybridized carbons (Fsp3) is 0.692. The molecule has 0 amide bonds. The summed E-state index contributed by atoms with van der Waals surface area (Å²) < 4.78 is 0.221. The maximum atomic E-state index is 11.2. The number of hydrogen-bond acceptors (Lipinski definition) is 4. The lowest BCUT2D eigenvalue weighted by atomic mass is 9.91. The molecule has 1 heterocycles. The van der Waals surface area contributed by atoms with Crippen molar-refractivity contribution >= 4 is 29.1 Å². The highest BCUT2D eigenvalue weighted by atomic mass is 32.2. The topological polar surface area (TPSA) is 50.2 Å². The number of fused-ring (bicyclic) bond motifs is 1. The number of carboxylic acid groups (broad SMARTS) is 1. The van der Waals surface area contributed by atoms with Gasteiger partial charge < -0.3 is 5.11 Å². The van der Waals surface area contributed by atoms with Gasteiger partial charge in [-0.25, -0.2) is 4.98 Å². The van der Waals surface area contributed by atoms with Gasteiger partial charge in [0.15, 0.2) is 0 Å². The molecular formula is C13H19NO2S2. The third-order valence-electron chi connectivity index (χ3n) is 2.93. The van der Waals surface area contributed by atoms with Crippen molar-refractivity contribution in [3.63, 3.8) is 0 Å². The van der Waals surface area contributed by atoms with Crippen molar-refractivity contribution in [3.05, 3.63) is 15.6 Å². The molecule has 1 aliphatic rings. The predicted molar refractivity (Wildman–Crippen MR) is 76.5 cm³/mol. The summed E-state index contributed by atoms with van der Waals surface area (Å²) in [6.45, 7) is 6.56. The first-order valence-electron chi connectivity index (χ1n) is 6.22. The number of hydrogen-bond donors (Lipinski definition) is 1. The fourth-order valence-electron chi connectivity index (χ4n) is 2.05. The van der Waals surface area contributed by atoms with Crippen molar-refractivity contribution in [2.24, 2.45) is 0 Å². The Balaban J connectivity index is 2.14. The van der Waals surface area contributed by atoms with Crippen LogP contribution in [0.15, 0.2) is 0 Å². The van der Waals surface area contributed by atoms with Crippen LogP contribution in [0.5, 0.6) is 0 Å². The summed E-state index contributed by atoms with van der Waals surface area (Å²) >= 11 is 3.56. The number of thiazole rings is 1. The molecule has 0 saturated heterocycles. The SMILES string of the molecule is CC(C)(C)SCc1nc2c(s1)CCCC2C(=O)O. The predicted octanol–water partition coefficient (Wildman–Crippen LogP) is 3.68. The molecule has 1 N–H and O–H groups in total. The van der Waals surface area contributed by atoms with Gasteiger partial charge in [0.05, 0.1) is 11.6 Å². The molecule has 0 saturated carbocycles. The summed E-state index contributed by atoms with van der Waals surface area (Å²) in [5, 5.41) is 10.3. The van der Waals surface area contributed by atoms with Gasteiger partial charge in [-0.2, -0.15) is 0 Å². The van der Waals surface area contributed by atoms with Gasteiger partial charge in [-0.05, 0) is 19.3 Å². The first-order chi connectivity index (χ1) is 8.37. The first-order valence-corrected chi connectivity index (χ1v) is 8.02. The fourth-order valence-corrected chi connectivity index (χ4v) is 4.05. The minimum absolute atomic E-state index is 0.221. The molecule has 0 spiro atoms. The molecule has 1 unspecified atom stereocenters. The van der Waals surface area contributed by atoms with E-state index in [9.17, 15) is 9.90 Å². The number of aliphatic carboxylic acids is 1. The molecule has 0 radical (unpaired) electrons. The van der Waals surface area contributed by atoms with Crippen molar-refractivity contribution in [2.75, 3.05) is 0 Å². The summed E-state index contributed by atoms with van der Waals surface area (Å²) in [6.07, 6.45) is 2.70. The molecular weight excluding hydrogens is 266 g/mol. The van der Waals surface area contributed by atoms with Crippen LogP contribution in [0.1, 0.15) is 55.1 Å². The van der Waals surface area contributed by atoms with E-state index >= 15 is 0 Å². The van der Waals surface area contributed by atoms with E-state index in [0.717, 1.165) is 35.7 Å². The smallest absolute Gasteiger partial charge is 0.312 e. The van der Waals surface area contributed by atoms with Crippen molar-refractivity contribution in [3.8, 4) is 0 Å². The van der Waals surface area contributed by atoms with Gasteiger partial charge in [-0.3, -0.25) is 4.79 Å². The van der Waals surface area contributed by atoms with E-state index in [4.69, 9.17) is 0 Å². The Hall–Kier alpha value is -0.550. The zero-order chi connectivity index (χ0) is 13.3. The summed E-state index contributed by atoms with van der Waals surface area (Å²) in [5.74, 6) is -0.220. The van der Waals surface area contributed by atoms with E-state index in [0.29, 0.717) is 0 Å². The Bertz CT molecular complexity index is 448. The zero-order valence-corrected chi connectivity index (χ0v) is 12.7. The second-order valence-corrected chi connectivity index (χ2v) is 8.57. The minimum atomic E-state index is -0.726.